The van der Waals surface area contributed by atoms with Crippen LogP contribution in [-0.2, 0) is 0 Å². The standard InChI is InChI=1S/C47H29F2N7/c48-35-20-4-8-24-39(35)55-41-26-10-6-22-37(41)50-46(55)33-18-12-16-31(28-33)44-52-43(30-14-2-1-3-15-30)53-45(54-44)32-17-13-19-34(29-32)47-51-38-23-7-11-27-42(38)56(47)40-25-9-5-21-36(40)49/h1-29H. The number of para-hydroxylation sites is 6. The molecule has 0 saturated heterocycles. The van der Waals surface area contributed by atoms with Gasteiger partial charge in [-0.15, -0.1) is 0 Å². The second-order valence-corrected chi connectivity index (χ2v) is 13.3. The maximum absolute atomic E-state index is 15.4. The van der Waals surface area contributed by atoms with E-state index in [1.165, 1.54) is 12.1 Å². The van der Waals surface area contributed by atoms with Gasteiger partial charge in [-0.05, 0) is 60.7 Å². The maximum Gasteiger partial charge on any atom is 0.164 e. The first kappa shape index (κ1) is 33.0. The Morgan fingerprint density at radius 3 is 1.18 bits per heavy atom. The summed E-state index contributed by atoms with van der Waals surface area (Å²) in [5.41, 5.74) is 7.68. The smallest absolute Gasteiger partial charge is 0.164 e. The number of rotatable bonds is 7. The number of hydrogen-bond acceptors (Lipinski definition) is 5. The molecule has 0 aliphatic carbocycles. The maximum atomic E-state index is 15.4. The third kappa shape index (κ3) is 5.79. The van der Waals surface area contributed by atoms with Gasteiger partial charge >= 0.3 is 0 Å². The predicted molar refractivity (Wildman–Crippen MR) is 216 cm³/mol. The SMILES string of the molecule is Fc1ccccc1-n1c(-c2cccc(-c3nc(-c4ccccc4)nc(-c4cccc(-c5nc6ccccc6n5-c5ccccc5F)c4)n3)c2)nc2ccccc21. The Bertz CT molecular complexity index is 2890. The Kier molecular flexibility index (Phi) is 8.03. The van der Waals surface area contributed by atoms with E-state index >= 15 is 8.78 Å². The van der Waals surface area contributed by atoms with Gasteiger partial charge in [0.15, 0.2) is 17.5 Å². The normalized spacial score (nSPS) is 11.4. The molecule has 0 saturated carbocycles. The van der Waals surface area contributed by atoms with Crippen molar-refractivity contribution in [2.75, 3.05) is 0 Å². The highest BCUT2D eigenvalue weighted by molar-refractivity contribution is 5.85. The van der Waals surface area contributed by atoms with Crippen molar-refractivity contribution >= 4 is 22.1 Å². The number of aromatic nitrogens is 7. The zero-order valence-electron chi connectivity index (χ0n) is 29.6. The number of hydrogen-bond donors (Lipinski definition) is 0. The minimum Gasteiger partial charge on any atom is -0.289 e. The number of nitrogens with zero attached hydrogens (tertiary/aromatic N) is 7. The van der Waals surface area contributed by atoms with Crippen LogP contribution in [0.5, 0.6) is 0 Å². The Balaban J connectivity index is 1.13. The molecule has 7 aromatic carbocycles. The Hall–Kier alpha value is -7.65. The summed E-state index contributed by atoms with van der Waals surface area (Å²) in [6, 6.07) is 54.1. The molecule has 3 heterocycles. The van der Waals surface area contributed by atoms with E-state index in [0.29, 0.717) is 40.5 Å². The largest absolute Gasteiger partial charge is 0.289 e. The van der Waals surface area contributed by atoms with Crippen molar-refractivity contribution in [1.82, 2.24) is 34.1 Å². The average Bonchev–Trinajstić information content (AvgIpc) is 3.84. The minimum absolute atomic E-state index is 0.352. The first-order valence-corrected chi connectivity index (χ1v) is 18.1. The Morgan fingerprint density at radius 2 is 0.696 bits per heavy atom. The first-order valence-electron chi connectivity index (χ1n) is 18.1. The number of fused-ring (bicyclic) bond motifs is 2. The zero-order valence-corrected chi connectivity index (χ0v) is 29.6. The van der Waals surface area contributed by atoms with Gasteiger partial charge in [0.05, 0.1) is 33.4 Å². The molecule has 0 fully saturated rings. The molecule has 0 bridgehead atoms. The molecule has 266 valence electrons. The minimum atomic E-state index is -0.352. The summed E-state index contributed by atoms with van der Waals surface area (Å²) in [6.07, 6.45) is 0. The number of benzene rings is 7. The third-order valence-corrected chi connectivity index (χ3v) is 9.73. The summed E-state index contributed by atoms with van der Waals surface area (Å²) < 4.78 is 34.4. The average molecular weight is 730 g/mol. The van der Waals surface area contributed by atoms with Gasteiger partial charge in [-0.1, -0.05) is 115 Å². The van der Waals surface area contributed by atoms with E-state index in [4.69, 9.17) is 24.9 Å². The van der Waals surface area contributed by atoms with Crippen LogP contribution >= 0.6 is 0 Å². The van der Waals surface area contributed by atoms with Gasteiger partial charge in [0.2, 0.25) is 0 Å². The van der Waals surface area contributed by atoms with E-state index in [1.807, 2.05) is 149 Å². The Labute approximate surface area is 319 Å². The second kappa shape index (κ2) is 13.6. The van der Waals surface area contributed by atoms with Gasteiger partial charge < -0.3 is 0 Å². The molecular weight excluding hydrogens is 701 g/mol. The molecule has 0 N–H and O–H groups in total. The van der Waals surface area contributed by atoms with Crippen molar-refractivity contribution in [3.05, 3.63) is 188 Å². The number of imidazole rings is 2. The van der Waals surface area contributed by atoms with Crippen molar-refractivity contribution in [2.24, 2.45) is 0 Å². The quantitative estimate of drug-likeness (QED) is 0.163. The second-order valence-electron chi connectivity index (χ2n) is 13.3. The molecule has 0 aliphatic heterocycles. The molecule has 3 aromatic heterocycles. The van der Waals surface area contributed by atoms with E-state index in [0.717, 1.165) is 49.9 Å². The summed E-state index contributed by atoms with van der Waals surface area (Å²) in [5, 5.41) is 0. The van der Waals surface area contributed by atoms with Gasteiger partial charge in [0.25, 0.3) is 0 Å². The molecule has 0 amide bonds. The van der Waals surface area contributed by atoms with Crippen molar-refractivity contribution in [3.63, 3.8) is 0 Å². The highest BCUT2D eigenvalue weighted by atomic mass is 19.1. The molecule has 9 heteroatoms. The molecule has 0 atom stereocenters. The van der Waals surface area contributed by atoms with Crippen LogP contribution in [0.1, 0.15) is 0 Å². The molecule has 56 heavy (non-hydrogen) atoms. The summed E-state index contributed by atoms with van der Waals surface area (Å²) in [6.45, 7) is 0. The van der Waals surface area contributed by atoms with Crippen molar-refractivity contribution < 1.29 is 8.78 Å². The van der Waals surface area contributed by atoms with E-state index < -0.39 is 0 Å². The monoisotopic (exact) mass is 729 g/mol. The fraction of sp³-hybridized carbons (Fsp3) is 0. The van der Waals surface area contributed by atoms with Crippen molar-refractivity contribution in [1.29, 1.82) is 0 Å². The first-order chi connectivity index (χ1) is 27.6. The van der Waals surface area contributed by atoms with Gasteiger partial charge in [-0.3, -0.25) is 9.13 Å². The lowest BCUT2D eigenvalue weighted by Crippen LogP contribution is -2.02. The van der Waals surface area contributed by atoms with E-state index in [1.54, 1.807) is 24.3 Å². The van der Waals surface area contributed by atoms with Crippen LogP contribution in [0.2, 0.25) is 0 Å². The third-order valence-electron chi connectivity index (χ3n) is 9.73. The fourth-order valence-electron chi connectivity index (χ4n) is 7.14. The number of halogens is 2. The lowest BCUT2D eigenvalue weighted by atomic mass is 10.1. The Morgan fingerprint density at radius 1 is 0.321 bits per heavy atom. The fourth-order valence-corrected chi connectivity index (χ4v) is 7.14. The van der Waals surface area contributed by atoms with E-state index in [2.05, 4.69) is 0 Å². The van der Waals surface area contributed by atoms with Gasteiger partial charge in [-0.25, -0.2) is 33.7 Å². The summed E-state index contributed by atoms with van der Waals surface area (Å²) >= 11 is 0. The van der Waals surface area contributed by atoms with Crippen LogP contribution in [0.4, 0.5) is 8.78 Å². The van der Waals surface area contributed by atoms with Crippen LogP contribution in [0, 0.1) is 11.6 Å². The van der Waals surface area contributed by atoms with Crippen LogP contribution in [0.15, 0.2) is 176 Å². The van der Waals surface area contributed by atoms with Crippen molar-refractivity contribution in [2.45, 2.75) is 0 Å². The topological polar surface area (TPSA) is 74.3 Å². The molecule has 0 spiro atoms. The zero-order chi connectivity index (χ0) is 37.6. The predicted octanol–water partition coefficient (Wildman–Crippen LogP) is 11.2. The molecule has 0 aliphatic rings. The molecular formula is C47H29F2N7. The van der Waals surface area contributed by atoms with Gasteiger partial charge in [-0.2, -0.15) is 0 Å². The van der Waals surface area contributed by atoms with E-state index in [-0.39, 0.29) is 11.6 Å². The highest BCUT2D eigenvalue weighted by Crippen LogP contribution is 2.35. The van der Waals surface area contributed by atoms with E-state index in [9.17, 15) is 0 Å². The molecule has 10 aromatic rings. The van der Waals surface area contributed by atoms with Crippen molar-refractivity contribution in [3.8, 4) is 68.3 Å². The molecule has 0 radical (unpaired) electrons. The van der Waals surface area contributed by atoms with Crippen LogP contribution in [0.25, 0.3) is 90.4 Å². The van der Waals surface area contributed by atoms with Crippen LogP contribution in [-0.4, -0.2) is 34.1 Å². The lowest BCUT2D eigenvalue weighted by Gasteiger charge is -2.13. The van der Waals surface area contributed by atoms with Crippen LogP contribution in [0.3, 0.4) is 0 Å². The molecule has 10 rings (SSSR count). The summed E-state index contributed by atoms with van der Waals surface area (Å²) in [4.78, 5) is 24.9. The molecule has 0 unspecified atom stereocenters. The van der Waals surface area contributed by atoms with Crippen LogP contribution < -0.4 is 0 Å². The van der Waals surface area contributed by atoms with Gasteiger partial charge in [0, 0.05) is 27.8 Å². The summed E-state index contributed by atoms with van der Waals surface area (Å²) in [5.74, 6) is 1.87. The molecule has 7 nitrogen and oxygen atoms in total. The van der Waals surface area contributed by atoms with Gasteiger partial charge in [0.1, 0.15) is 23.3 Å². The summed E-state index contributed by atoms with van der Waals surface area (Å²) in [7, 11) is 0. The lowest BCUT2D eigenvalue weighted by molar-refractivity contribution is 0.619. The highest BCUT2D eigenvalue weighted by Gasteiger charge is 2.20.